The predicted octanol–water partition coefficient (Wildman–Crippen LogP) is 6.57. The van der Waals surface area contributed by atoms with Gasteiger partial charge in [-0.2, -0.15) is 0 Å². The number of rotatable bonds is 9. The van der Waals surface area contributed by atoms with Crippen LogP contribution in [-0.4, -0.2) is 60.9 Å². The number of carbonyl (C=O) groups is 1. The van der Waals surface area contributed by atoms with Gasteiger partial charge in [0, 0.05) is 53.3 Å². The fraction of sp³-hybridized carbons (Fsp3) is 0.417. The van der Waals surface area contributed by atoms with Crippen molar-refractivity contribution in [2.45, 2.75) is 24.7 Å². The van der Waals surface area contributed by atoms with Crippen molar-refractivity contribution in [2.75, 3.05) is 50.0 Å². The highest BCUT2D eigenvalue weighted by Crippen LogP contribution is 2.33. The number of halogens is 3. The highest BCUT2D eigenvalue weighted by Gasteiger charge is 2.21. The lowest BCUT2D eigenvalue weighted by Crippen LogP contribution is -2.39. The van der Waals surface area contributed by atoms with E-state index in [0.717, 1.165) is 65.1 Å². The van der Waals surface area contributed by atoms with Gasteiger partial charge < -0.3 is 4.74 Å². The largest absolute Gasteiger partial charge is 0.379 e. The smallest absolute Gasteiger partial charge is 0.229 e. The number of aromatic nitrogens is 1. The maximum absolute atomic E-state index is 13.3. The van der Waals surface area contributed by atoms with Crippen molar-refractivity contribution in [3.05, 3.63) is 52.0 Å². The van der Waals surface area contributed by atoms with Crippen molar-refractivity contribution in [1.29, 1.82) is 0 Å². The molecule has 3 aromatic rings. The maximum atomic E-state index is 13.3. The number of hydrogen-bond acceptors (Lipinski definition) is 6. The summed E-state index contributed by atoms with van der Waals surface area (Å²) in [7, 11) is 0. The first-order valence-electron chi connectivity index (χ1n) is 11.0. The second-order valence-corrected chi connectivity index (χ2v) is 11.0. The van der Waals surface area contributed by atoms with Crippen LogP contribution in [0.15, 0.2) is 41.3 Å². The average Bonchev–Trinajstić information content (AvgIpc) is 3.22. The third-order valence-electron chi connectivity index (χ3n) is 5.53. The summed E-state index contributed by atoms with van der Waals surface area (Å²) in [5.74, 6) is 0.803. The minimum atomic E-state index is 0. The van der Waals surface area contributed by atoms with Gasteiger partial charge in [-0.1, -0.05) is 34.5 Å². The molecule has 1 aliphatic rings. The van der Waals surface area contributed by atoms with Gasteiger partial charge in [0.05, 0.1) is 23.4 Å². The summed E-state index contributed by atoms with van der Waals surface area (Å²) in [6, 6.07) is 11.6. The van der Waals surface area contributed by atoms with Gasteiger partial charge in [-0.05, 0) is 55.3 Å². The van der Waals surface area contributed by atoms with Crippen molar-refractivity contribution in [3.8, 4) is 0 Å². The van der Waals surface area contributed by atoms with Crippen LogP contribution in [0.2, 0.25) is 10.0 Å². The van der Waals surface area contributed by atoms with Crippen LogP contribution in [0.5, 0.6) is 0 Å². The number of morpholine rings is 1. The van der Waals surface area contributed by atoms with Crippen LogP contribution in [0.25, 0.3) is 10.2 Å². The third-order valence-corrected chi connectivity index (χ3v) is 8.04. The van der Waals surface area contributed by atoms with E-state index in [4.69, 9.17) is 32.9 Å². The van der Waals surface area contributed by atoms with Gasteiger partial charge in [0.25, 0.3) is 0 Å². The summed E-state index contributed by atoms with van der Waals surface area (Å²) < 4.78 is 6.45. The number of benzene rings is 2. The molecule has 1 saturated heterocycles. The van der Waals surface area contributed by atoms with Crippen LogP contribution in [0.1, 0.15) is 18.4 Å². The first-order valence-corrected chi connectivity index (χ1v) is 13.6. The van der Waals surface area contributed by atoms with Gasteiger partial charge in [-0.25, -0.2) is 4.98 Å². The van der Waals surface area contributed by atoms with Crippen molar-refractivity contribution < 1.29 is 9.53 Å². The zero-order chi connectivity index (χ0) is 23.2. The second kappa shape index (κ2) is 13.3. The van der Waals surface area contributed by atoms with Crippen LogP contribution >= 0.6 is 58.7 Å². The van der Waals surface area contributed by atoms with E-state index in [1.165, 1.54) is 11.3 Å². The number of thioether (sulfide) groups is 1. The number of aryl methyl sites for hydroxylation is 1. The van der Waals surface area contributed by atoms with Crippen LogP contribution in [0.3, 0.4) is 0 Å². The van der Waals surface area contributed by atoms with Crippen molar-refractivity contribution in [1.82, 2.24) is 9.88 Å². The number of thiazole rings is 1. The SMILES string of the molecule is Cc1cc(Cl)cc2sc(N(CCCN3CCOCC3)C(=O)CCSc3ccc(Cl)cc3)nc12.Cl. The highest BCUT2D eigenvalue weighted by atomic mass is 35.5. The number of carbonyl (C=O) groups excluding carboxylic acids is 1. The Bertz CT molecular complexity index is 1090. The number of ether oxygens (including phenoxy) is 1. The molecule has 0 saturated carbocycles. The molecular weight excluding hydrogens is 533 g/mol. The Hall–Kier alpha value is -1.06. The van der Waals surface area contributed by atoms with E-state index in [0.29, 0.717) is 28.8 Å². The number of nitrogens with zero attached hydrogens (tertiary/aromatic N) is 3. The average molecular weight is 561 g/mol. The number of fused-ring (bicyclic) bond motifs is 1. The number of hydrogen-bond donors (Lipinski definition) is 0. The van der Waals surface area contributed by atoms with Gasteiger partial charge in [0.2, 0.25) is 5.91 Å². The third kappa shape index (κ3) is 7.47. The quantitative estimate of drug-likeness (QED) is 0.277. The standard InChI is InChI=1S/C24H27Cl2N3O2S2.ClH/c1-17-15-19(26)16-21-23(17)27-24(33-21)29(9-2-8-28-10-12-31-13-11-28)22(30)7-14-32-20-5-3-18(25)4-6-20;/h3-6,15-16H,2,7-14H2,1H3;1H. The first-order chi connectivity index (χ1) is 16.0. The molecule has 0 atom stereocenters. The van der Waals surface area contributed by atoms with Crippen LogP contribution in [0, 0.1) is 6.92 Å². The van der Waals surface area contributed by atoms with Gasteiger partial charge in [0.1, 0.15) is 0 Å². The Balaban J connectivity index is 0.00000324. The zero-order valence-corrected chi connectivity index (χ0v) is 22.9. The van der Waals surface area contributed by atoms with Crippen molar-refractivity contribution >= 4 is 80.0 Å². The summed E-state index contributed by atoms with van der Waals surface area (Å²) >= 11 is 15.4. The zero-order valence-electron chi connectivity index (χ0n) is 19.0. The van der Waals surface area contributed by atoms with E-state index in [2.05, 4.69) is 4.90 Å². The molecule has 0 spiro atoms. The van der Waals surface area contributed by atoms with Crippen LogP contribution < -0.4 is 4.90 Å². The van der Waals surface area contributed by atoms with E-state index in [1.807, 2.05) is 48.2 Å². The molecule has 4 rings (SSSR count). The van der Waals surface area contributed by atoms with Gasteiger partial charge in [-0.3, -0.25) is 14.6 Å². The van der Waals surface area contributed by atoms with E-state index >= 15 is 0 Å². The minimum absolute atomic E-state index is 0. The van der Waals surface area contributed by atoms with Crippen molar-refractivity contribution in [3.63, 3.8) is 0 Å². The number of anilines is 1. The molecule has 0 N–H and O–H groups in total. The fourth-order valence-electron chi connectivity index (χ4n) is 3.78. The Labute approximate surface area is 225 Å². The summed E-state index contributed by atoms with van der Waals surface area (Å²) in [5, 5.41) is 2.16. The molecule has 5 nitrogen and oxygen atoms in total. The lowest BCUT2D eigenvalue weighted by Gasteiger charge is -2.27. The monoisotopic (exact) mass is 559 g/mol. The predicted molar refractivity (Wildman–Crippen MR) is 148 cm³/mol. The Kier molecular flexibility index (Phi) is 10.8. The van der Waals surface area contributed by atoms with Gasteiger partial charge in [0.15, 0.2) is 5.13 Å². The van der Waals surface area contributed by atoms with Crippen LogP contribution in [-0.2, 0) is 9.53 Å². The van der Waals surface area contributed by atoms with E-state index in [1.54, 1.807) is 11.8 Å². The second-order valence-electron chi connectivity index (χ2n) is 7.97. The molecule has 0 unspecified atom stereocenters. The molecule has 0 radical (unpaired) electrons. The summed E-state index contributed by atoms with van der Waals surface area (Å²) in [4.78, 5) is 23.5. The maximum Gasteiger partial charge on any atom is 0.229 e. The van der Waals surface area contributed by atoms with Crippen LogP contribution in [0.4, 0.5) is 5.13 Å². The molecule has 34 heavy (non-hydrogen) atoms. The fourth-order valence-corrected chi connectivity index (χ4v) is 6.21. The molecule has 0 aliphatic carbocycles. The molecule has 1 fully saturated rings. The van der Waals surface area contributed by atoms with Gasteiger partial charge in [-0.15, -0.1) is 24.2 Å². The van der Waals surface area contributed by atoms with Gasteiger partial charge >= 0.3 is 0 Å². The molecule has 2 heterocycles. The summed E-state index contributed by atoms with van der Waals surface area (Å²) in [6.07, 6.45) is 1.34. The molecule has 1 aromatic heterocycles. The summed E-state index contributed by atoms with van der Waals surface area (Å²) in [6.45, 7) is 7.06. The Morgan fingerprint density at radius 1 is 1.18 bits per heavy atom. The lowest BCUT2D eigenvalue weighted by molar-refractivity contribution is -0.118. The molecule has 10 heteroatoms. The topological polar surface area (TPSA) is 45.7 Å². The van der Waals surface area contributed by atoms with E-state index in [9.17, 15) is 4.79 Å². The number of amides is 1. The minimum Gasteiger partial charge on any atom is -0.379 e. The molecule has 1 aliphatic heterocycles. The summed E-state index contributed by atoms with van der Waals surface area (Å²) in [5.41, 5.74) is 1.94. The molecule has 2 aromatic carbocycles. The molecular formula is C24H28Cl3N3O2S2. The normalized spacial score (nSPS) is 14.2. The van der Waals surface area contributed by atoms with E-state index in [-0.39, 0.29) is 18.3 Å². The molecule has 184 valence electrons. The highest BCUT2D eigenvalue weighted by molar-refractivity contribution is 7.99. The Morgan fingerprint density at radius 3 is 2.65 bits per heavy atom. The molecule has 1 amide bonds. The van der Waals surface area contributed by atoms with Crippen molar-refractivity contribution in [2.24, 2.45) is 0 Å². The lowest BCUT2D eigenvalue weighted by atomic mass is 10.2. The molecule has 0 bridgehead atoms. The Morgan fingerprint density at radius 2 is 1.91 bits per heavy atom. The van der Waals surface area contributed by atoms with E-state index < -0.39 is 0 Å². The first kappa shape index (κ1) is 27.5.